The topological polar surface area (TPSA) is 31.2 Å². The van der Waals surface area contributed by atoms with Gasteiger partial charge in [0.25, 0.3) is 0 Å². The van der Waals surface area contributed by atoms with Crippen molar-refractivity contribution in [2.24, 2.45) is 0 Å². The summed E-state index contributed by atoms with van der Waals surface area (Å²) in [5.74, 6) is 0.151. The Labute approximate surface area is 97.4 Å². The molecule has 0 unspecified atom stereocenters. The number of hydrogen-bond acceptors (Lipinski definition) is 2. The summed E-state index contributed by atoms with van der Waals surface area (Å²) in [6, 6.07) is 2.31. The van der Waals surface area contributed by atoms with E-state index in [1.54, 1.807) is 0 Å². The van der Waals surface area contributed by atoms with Crippen molar-refractivity contribution in [3.8, 4) is 0 Å². The number of aromatic nitrogens is 1. The normalized spacial score (nSPS) is 11.2. The Morgan fingerprint density at radius 2 is 1.88 bits per heavy atom. The van der Waals surface area contributed by atoms with Crippen molar-refractivity contribution in [2.75, 3.05) is 7.11 Å². The molecule has 3 heteroatoms. The Morgan fingerprint density at radius 3 is 2.19 bits per heavy atom. The van der Waals surface area contributed by atoms with Crippen molar-refractivity contribution in [3.05, 3.63) is 23.0 Å². The summed E-state index contributed by atoms with van der Waals surface area (Å²) in [5.41, 5.74) is 2.86. The zero-order valence-electron chi connectivity index (χ0n) is 11.0. The first-order chi connectivity index (χ1) is 7.40. The molecule has 0 fully saturated rings. The highest BCUT2D eigenvalue weighted by Gasteiger charge is 2.20. The van der Waals surface area contributed by atoms with Gasteiger partial charge in [-0.1, -0.05) is 13.8 Å². The standard InChI is InChI=1S/C13H21NO2/c1-8(2)12-7-11(13(15)16-6)10(5)14(12)9(3)4/h7-9H,1-6H3. The van der Waals surface area contributed by atoms with Crippen LogP contribution in [0.15, 0.2) is 6.07 Å². The van der Waals surface area contributed by atoms with E-state index in [9.17, 15) is 4.79 Å². The fourth-order valence-electron chi connectivity index (χ4n) is 2.09. The fraction of sp³-hybridized carbons (Fsp3) is 0.615. The predicted octanol–water partition coefficient (Wildman–Crippen LogP) is 3.29. The Kier molecular flexibility index (Phi) is 3.79. The first kappa shape index (κ1) is 12.8. The zero-order valence-corrected chi connectivity index (χ0v) is 11.0. The number of ether oxygens (including phenoxy) is 1. The maximum atomic E-state index is 11.6. The second-order valence-electron chi connectivity index (χ2n) is 4.68. The molecule has 1 aromatic heterocycles. The van der Waals surface area contributed by atoms with E-state index < -0.39 is 0 Å². The molecule has 1 heterocycles. The summed E-state index contributed by atoms with van der Waals surface area (Å²) in [6.45, 7) is 10.5. The van der Waals surface area contributed by atoms with Gasteiger partial charge in [0.05, 0.1) is 12.7 Å². The van der Waals surface area contributed by atoms with Gasteiger partial charge in [0, 0.05) is 17.4 Å². The van der Waals surface area contributed by atoms with E-state index in [1.807, 2.05) is 13.0 Å². The number of nitrogens with zero attached hydrogens (tertiary/aromatic N) is 1. The number of carbonyl (C=O) groups excluding carboxylic acids is 1. The van der Waals surface area contributed by atoms with Gasteiger partial charge in [-0.15, -0.1) is 0 Å². The minimum Gasteiger partial charge on any atom is -0.465 e. The lowest BCUT2D eigenvalue weighted by molar-refractivity contribution is 0.0599. The average molecular weight is 223 g/mol. The highest BCUT2D eigenvalue weighted by atomic mass is 16.5. The van der Waals surface area contributed by atoms with Crippen LogP contribution in [-0.2, 0) is 4.74 Å². The Bertz CT molecular complexity index is 389. The van der Waals surface area contributed by atoms with Crippen LogP contribution in [0.1, 0.15) is 61.4 Å². The second kappa shape index (κ2) is 4.73. The van der Waals surface area contributed by atoms with Crippen molar-refractivity contribution >= 4 is 5.97 Å². The first-order valence-electron chi connectivity index (χ1n) is 5.70. The highest BCUT2D eigenvalue weighted by Crippen LogP contribution is 2.26. The van der Waals surface area contributed by atoms with Crippen LogP contribution in [0.25, 0.3) is 0 Å². The minimum atomic E-state index is -0.251. The van der Waals surface area contributed by atoms with Crippen LogP contribution in [-0.4, -0.2) is 17.6 Å². The minimum absolute atomic E-state index is 0.251. The molecule has 0 saturated heterocycles. The molecular weight excluding hydrogens is 202 g/mol. The SMILES string of the molecule is COC(=O)c1cc(C(C)C)n(C(C)C)c1C. The molecule has 1 rings (SSSR count). The second-order valence-corrected chi connectivity index (χ2v) is 4.68. The third-order valence-electron chi connectivity index (χ3n) is 2.83. The largest absolute Gasteiger partial charge is 0.465 e. The fourth-order valence-corrected chi connectivity index (χ4v) is 2.09. The van der Waals surface area contributed by atoms with Gasteiger partial charge in [-0.2, -0.15) is 0 Å². The van der Waals surface area contributed by atoms with Crippen LogP contribution in [0.4, 0.5) is 0 Å². The lowest BCUT2D eigenvalue weighted by Gasteiger charge is -2.17. The van der Waals surface area contributed by atoms with Crippen LogP contribution < -0.4 is 0 Å². The van der Waals surface area contributed by atoms with Crippen molar-refractivity contribution in [2.45, 2.75) is 46.6 Å². The van der Waals surface area contributed by atoms with Gasteiger partial charge in [0.2, 0.25) is 0 Å². The third kappa shape index (κ3) is 2.13. The summed E-state index contributed by atoms with van der Waals surface area (Å²) in [7, 11) is 1.42. The smallest absolute Gasteiger partial charge is 0.339 e. The van der Waals surface area contributed by atoms with Gasteiger partial charge in [-0.25, -0.2) is 4.79 Å². The van der Waals surface area contributed by atoms with Crippen LogP contribution in [0, 0.1) is 6.92 Å². The maximum absolute atomic E-state index is 11.6. The molecule has 0 spiro atoms. The number of esters is 1. The van der Waals surface area contributed by atoms with Crippen LogP contribution >= 0.6 is 0 Å². The molecule has 0 atom stereocenters. The van der Waals surface area contributed by atoms with E-state index in [1.165, 1.54) is 12.8 Å². The van der Waals surface area contributed by atoms with Crippen molar-refractivity contribution in [1.82, 2.24) is 4.57 Å². The summed E-state index contributed by atoms with van der Waals surface area (Å²) in [5, 5.41) is 0. The molecule has 3 nitrogen and oxygen atoms in total. The molecule has 0 aliphatic heterocycles. The molecule has 0 amide bonds. The lowest BCUT2D eigenvalue weighted by atomic mass is 10.1. The molecule has 0 N–H and O–H groups in total. The molecule has 0 aliphatic rings. The summed E-state index contributed by atoms with van der Waals surface area (Å²) < 4.78 is 7.00. The number of hydrogen-bond donors (Lipinski definition) is 0. The van der Waals surface area contributed by atoms with Crippen LogP contribution in [0.2, 0.25) is 0 Å². The molecule has 0 saturated carbocycles. The van der Waals surface area contributed by atoms with E-state index in [0.29, 0.717) is 17.5 Å². The molecule has 1 aromatic rings. The monoisotopic (exact) mass is 223 g/mol. The van der Waals surface area contributed by atoms with Crippen LogP contribution in [0.3, 0.4) is 0 Å². The predicted molar refractivity (Wildman–Crippen MR) is 65.0 cm³/mol. The van der Waals surface area contributed by atoms with Crippen molar-refractivity contribution in [1.29, 1.82) is 0 Å². The summed E-state index contributed by atoms with van der Waals surface area (Å²) >= 11 is 0. The van der Waals surface area contributed by atoms with Gasteiger partial charge < -0.3 is 9.30 Å². The number of carbonyl (C=O) groups is 1. The average Bonchev–Trinajstić information content (AvgIpc) is 2.55. The third-order valence-corrected chi connectivity index (χ3v) is 2.83. The van der Waals surface area contributed by atoms with E-state index >= 15 is 0 Å². The molecule has 0 bridgehead atoms. The van der Waals surface area contributed by atoms with E-state index in [2.05, 4.69) is 32.3 Å². The first-order valence-corrected chi connectivity index (χ1v) is 5.70. The van der Waals surface area contributed by atoms with E-state index in [4.69, 9.17) is 4.74 Å². The van der Waals surface area contributed by atoms with Crippen molar-refractivity contribution in [3.63, 3.8) is 0 Å². The highest BCUT2D eigenvalue weighted by molar-refractivity contribution is 5.91. The Balaban J connectivity index is 3.35. The summed E-state index contributed by atoms with van der Waals surface area (Å²) in [4.78, 5) is 11.6. The molecule has 16 heavy (non-hydrogen) atoms. The zero-order chi connectivity index (χ0) is 12.5. The maximum Gasteiger partial charge on any atom is 0.339 e. The van der Waals surface area contributed by atoms with Crippen LogP contribution in [0.5, 0.6) is 0 Å². The quantitative estimate of drug-likeness (QED) is 0.736. The number of rotatable bonds is 3. The molecule has 0 aliphatic carbocycles. The summed E-state index contributed by atoms with van der Waals surface area (Å²) in [6.07, 6.45) is 0. The molecular formula is C13H21NO2. The van der Waals surface area contributed by atoms with E-state index in [0.717, 1.165) is 5.69 Å². The van der Waals surface area contributed by atoms with Gasteiger partial charge in [0.1, 0.15) is 0 Å². The van der Waals surface area contributed by atoms with Crippen molar-refractivity contribution < 1.29 is 9.53 Å². The lowest BCUT2D eigenvalue weighted by Crippen LogP contribution is -2.09. The molecule has 0 radical (unpaired) electrons. The molecule has 90 valence electrons. The number of methoxy groups -OCH3 is 1. The Hall–Kier alpha value is -1.25. The van der Waals surface area contributed by atoms with Gasteiger partial charge >= 0.3 is 5.97 Å². The Morgan fingerprint density at radius 1 is 1.31 bits per heavy atom. The molecule has 0 aromatic carbocycles. The van der Waals surface area contributed by atoms with E-state index in [-0.39, 0.29) is 5.97 Å². The van der Waals surface area contributed by atoms with Gasteiger partial charge in [0.15, 0.2) is 0 Å². The van der Waals surface area contributed by atoms with Gasteiger partial charge in [-0.05, 0) is 32.8 Å². The van der Waals surface area contributed by atoms with Gasteiger partial charge in [-0.3, -0.25) is 0 Å².